The molecule has 0 aliphatic heterocycles. The number of hydrogen-bond acceptors (Lipinski definition) is 3. The Kier molecular flexibility index (Phi) is 4.81. The van der Waals surface area contributed by atoms with Crippen LogP contribution in [-0.4, -0.2) is 24.2 Å². The van der Waals surface area contributed by atoms with Gasteiger partial charge in [-0.3, -0.25) is 0 Å². The van der Waals surface area contributed by atoms with Gasteiger partial charge in [0.2, 0.25) is 0 Å². The lowest BCUT2D eigenvalue weighted by Gasteiger charge is -2.20. The highest BCUT2D eigenvalue weighted by Gasteiger charge is 2.16. The number of nitrogens with one attached hydrogen (secondary N) is 1. The zero-order chi connectivity index (χ0) is 14.4. The molecule has 1 amide bonds. The lowest BCUT2D eigenvalue weighted by Crippen LogP contribution is -2.36. The molecule has 1 unspecified atom stereocenters. The summed E-state index contributed by atoms with van der Waals surface area (Å²) in [5, 5.41) is 5.46. The van der Waals surface area contributed by atoms with E-state index >= 15 is 0 Å². The van der Waals surface area contributed by atoms with Crippen LogP contribution in [0.1, 0.15) is 43.3 Å². The van der Waals surface area contributed by atoms with Crippen molar-refractivity contribution in [3.8, 4) is 0 Å². The number of carbonyl (C=O) groups is 1. The predicted molar refractivity (Wildman–Crippen MR) is 62.1 cm³/mol. The number of azide groups is 1. The summed E-state index contributed by atoms with van der Waals surface area (Å²) < 4.78 is 20.4. The number of amides is 1. The predicted octanol–water partition coefficient (Wildman–Crippen LogP) is 2.99. The molecule has 0 saturated carbocycles. The highest BCUT2D eigenvalue weighted by atomic mass is 16.6. The van der Waals surface area contributed by atoms with Crippen molar-refractivity contribution in [1.82, 2.24) is 5.32 Å². The van der Waals surface area contributed by atoms with Crippen molar-refractivity contribution >= 4 is 6.09 Å². The van der Waals surface area contributed by atoms with Gasteiger partial charge in [0.15, 0.2) is 0 Å². The van der Waals surface area contributed by atoms with Gasteiger partial charge in [0.1, 0.15) is 5.60 Å². The Labute approximate surface area is 98.8 Å². The number of hydrogen-bond donors (Lipinski definition) is 1. The molecule has 0 heterocycles. The molecule has 1 N–H and O–H groups in total. The Balaban J connectivity index is 4.70. The Morgan fingerprint density at radius 3 is 2.75 bits per heavy atom. The van der Waals surface area contributed by atoms with E-state index in [-0.39, 0.29) is 0 Å². The van der Waals surface area contributed by atoms with Crippen molar-refractivity contribution < 1.29 is 12.3 Å². The van der Waals surface area contributed by atoms with Gasteiger partial charge in [0.25, 0.3) is 0 Å². The van der Waals surface area contributed by atoms with Crippen molar-refractivity contribution in [2.75, 3.05) is 6.50 Å². The summed E-state index contributed by atoms with van der Waals surface area (Å²) in [6.07, 6.45) is 0.105. The largest absolute Gasteiger partial charge is 0.444 e. The maximum atomic E-state index is 11.5. The molecule has 0 saturated heterocycles. The monoisotopic (exact) mass is 230 g/mol. The fourth-order valence-electron chi connectivity index (χ4n) is 0.940. The van der Waals surface area contributed by atoms with Gasteiger partial charge in [-0.1, -0.05) is 18.5 Å². The van der Waals surface area contributed by atoms with E-state index in [4.69, 9.17) is 13.0 Å². The molecular formula is C10H20N4O2. The van der Waals surface area contributed by atoms with Crippen LogP contribution in [0.25, 0.3) is 10.4 Å². The van der Waals surface area contributed by atoms with Crippen molar-refractivity contribution in [2.24, 2.45) is 5.11 Å². The summed E-state index contributed by atoms with van der Waals surface area (Å²) in [6.45, 7) is 4.74. The molecule has 92 valence electrons. The molecule has 0 aromatic carbocycles. The minimum atomic E-state index is -2.13. The quantitative estimate of drug-likeness (QED) is 0.447. The van der Waals surface area contributed by atoms with E-state index < -0.39 is 24.2 Å². The second-order valence-corrected chi connectivity index (χ2v) is 4.28. The van der Waals surface area contributed by atoms with Crippen LogP contribution in [0.2, 0.25) is 0 Å². The lowest BCUT2D eigenvalue weighted by molar-refractivity contribution is 0.0524. The Bertz CT molecular complexity index is 335. The first-order valence-corrected chi connectivity index (χ1v) is 5.17. The van der Waals surface area contributed by atoms with Gasteiger partial charge in [-0.25, -0.2) is 4.79 Å². The van der Waals surface area contributed by atoms with Crippen LogP contribution in [0.4, 0.5) is 4.79 Å². The number of ether oxygens (including phenoxy) is 1. The molecule has 0 aliphatic carbocycles. The molecule has 16 heavy (non-hydrogen) atoms. The maximum absolute atomic E-state index is 11.5. The highest BCUT2D eigenvalue weighted by molar-refractivity contribution is 5.67. The summed E-state index contributed by atoms with van der Waals surface area (Å²) >= 11 is 0. The van der Waals surface area contributed by atoms with Crippen molar-refractivity contribution in [3.63, 3.8) is 0 Å². The third-order valence-electron chi connectivity index (χ3n) is 1.49. The second kappa shape index (κ2) is 6.95. The van der Waals surface area contributed by atoms with Crippen LogP contribution >= 0.6 is 0 Å². The van der Waals surface area contributed by atoms with E-state index in [9.17, 15) is 4.79 Å². The Morgan fingerprint density at radius 2 is 2.31 bits per heavy atom. The van der Waals surface area contributed by atoms with Crippen molar-refractivity contribution in [2.45, 2.75) is 52.2 Å². The lowest BCUT2D eigenvalue weighted by atomic mass is 10.2. The van der Waals surface area contributed by atoms with Crippen LogP contribution in [0.5, 0.6) is 0 Å². The summed E-state index contributed by atoms with van der Waals surface area (Å²) in [4.78, 5) is 14.1. The van der Waals surface area contributed by atoms with Crippen molar-refractivity contribution in [3.05, 3.63) is 10.4 Å². The minimum absolute atomic E-state index is 0.340. The van der Waals surface area contributed by atoms with Crippen LogP contribution < -0.4 is 5.32 Å². The Morgan fingerprint density at radius 1 is 1.69 bits per heavy atom. The first kappa shape index (κ1) is 11.1. The molecular weight excluding hydrogens is 208 g/mol. The molecule has 0 radical (unpaired) electrons. The maximum Gasteiger partial charge on any atom is 0.407 e. The fourth-order valence-corrected chi connectivity index (χ4v) is 0.940. The number of carbonyl (C=O) groups excluding carboxylic acids is 1. The van der Waals surface area contributed by atoms with Gasteiger partial charge in [-0.2, -0.15) is 0 Å². The molecule has 0 aliphatic rings. The molecule has 6 heteroatoms. The van der Waals surface area contributed by atoms with E-state index in [1.54, 1.807) is 20.8 Å². The van der Waals surface area contributed by atoms with Crippen molar-refractivity contribution in [1.29, 1.82) is 0 Å². The number of alkyl carbamates (subject to hydrolysis) is 1. The standard InChI is InChI=1S/C10H20N4O2/c1-5-6-8(13-14-11)7-12-9(15)16-10(2,3)4/h8H,5-7H2,1-4H3,(H,12,15)/i7D2. The van der Waals surface area contributed by atoms with E-state index in [0.29, 0.717) is 12.8 Å². The normalized spacial score (nSPS) is 15.2. The summed E-state index contributed by atoms with van der Waals surface area (Å²) in [6, 6.07) is -0.958. The molecule has 0 aromatic rings. The van der Waals surface area contributed by atoms with Crippen LogP contribution in [0, 0.1) is 0 Å². The van der Waals surface area contributed by atoms with Gasteiger partial charge >= 0.3 is 6.09 Å². The van der Waals surface area contributed by atoms with Gasteiger partial charge in [-0.15, -0.1) is 0 Å². The molecule has 0 rings (SSSR count). The smallest absolute Gasteiger partial charge is 0.407 e. The van der Waals surface area contributed by atoms with Crippen LogP contribution in [0.15, 0.2) is 5.11 Å². The van der Waals surface area contributed by atoms with Gasteiger partial charge in [-0.05, 0) is 32.7 Å². The first-order chi connectivity index (χ1) is 8.12. The molecule has 0 spiro atoms. The summed E-state index contributed by atoms with van der Waals surface area (Å²) in [7, 11) is 0. The Hall–Kier alpha value is -1.42. The van der Waals surface area contributed by atoms with E-state index in [1.165, 1.54) is 0 Å². The second-order valence-electron chi connectivity index (χ2n) is 4.28. The zero-order valence-corrected chi connectivity index (χ0v) is 10.1. The summed E-state index contributed by atoms with van der Waals surface area (Å²) in [5.41, 5.74) is 7.69. The highest BCUT2D eigenvalue weighted by Crippen LogP contribution is 2.07. The minimum Gasteiger partial charge on any atom is -0.444 e. The van der Waals surface area contributed by atoms with Crippen LogP contribution in [0.3, 0.4) is 0 Å². The first-order valence-electron chi connectivity index (χ1n) is 6.17. The SMILES string of the molecule is [2H]C([2H])(NC(=O)OC(C)(C)C)C(CCC)N=[N+]=[N-]. The average molecular weight is 230 g/mol. The molecule has 6 nitrogen and oxygen atoms in total. The molecule has 0 fully saturated rings. The third kappa shape index (κ3) is 7.94. The van der Waals surface area contributed by atoms with Gasteiger partial charge in [0, 0.05) is 14.2 Å². The number of rotatable bonds is 5. The zero-order valence-electron chi connectivity index (χ0n) is 12.1. The topological polar surface area (TPSA) is 87.1 Å². The van der Waals surface area contributed by atoms with E-state index in [2.05, 4.69) is 15.3 Å². The molecule has 1 atom stereocenters. The van der Waals surface area contributed by atoms with E-state index in [0.717, 1.165) is 0 Å². The summed E-state index contributed by atoms with van der Waals surface area (Å²) in [5.74, 6) is 0. The van der Waals surface area contributed by atoms with Gasteiger partial charge < -0.3 is 10.1 Å². The van der Waals surface area contributed by atoms with Gasteiger partial charge in [0.05, 0.1) is 6.04 Å². The molecule has 0 aromatic heterocycles. The number of nitrogens with zero attached hydrogens (tertiary/aromatic N) is 3. The molecule has 0 bridgehead atoms. The van der Waals surface area contributed by atoms with Crippen LogP contribution in [-0.2, 0) is 4.74 Å². The average Bonchev–Trinajstić information content (AvgIpc) is 2.13. The van der Waals surface area contributed by atoms with E-state index in [1.807, 2.05) is 6.92 Å². The fraction of sp³-hybridized carbons (Fsp3) is 0.900. The third-order valence-corrected chi connectivity index (χ3v) is 1.49.